The fourth-order valence-corrected chi connectivity index (χ4v) is 7.28. The Morgan fingerprint density at radius 1 is 1.00 bits per heavy atom. The number of ether oxygens (including phenoxy) is 1. The average Bonchev–Trinajstić information content (AvgIpc) is 3.58. The van der Waals surface area contributed by atoms with E-state index in [1.165, 1.54) is 11.1 Å². The molecule has 2 aromatic rings. The number of hydrogen-bond acceptors (Lipinski definition) is 5. The van der Waals surface area contributed by atoms with Crippen molar-refractivity contribution >= 4 is 16.1 Å². The molecule has 2 amide bonds. The van der Waals surface area contributed by atoms with Gasteiger partial charge in [0.05, 0.1) is 6.04 Å². The van der Waals surface area contributed by atoms with E-state index in [1.807, 2.05) is 6.07 Å². The second-order valence-electron chi connectivity index (χ2n) is 10.0. The number of hydrogen-bond donors (Lipinski definition) is 1. The van der Waals surface area contributed by atoms with Crippen LogP contribution in [0.2, 0.25) is 0 Å². The van der Waals surface area contributed by atoms with Crippen molar-refractivity contribution in [2.75, 3.05) is 33.3 Å². The normalized spacial score (nSPS) is 20.9. The molecule has 3 heterocycles. The van der Waals surface area contributed by atoms with Crippen molar-refractivity contribution in [2.45, 2.75) is 62.7 Å². The van der Waals surface area contributed by atoms with E-state index < -0.39 is 10.0 Å². The highest BCUT2D eigenvalue weighted by atomic mass is 32.2. The molecule has 9 heteroatoms. The average molecular weight is 513 g/mol. The Labute approximate surface area is 214 Å². The van der Waals surface area contributed by atoms with Crippen molar-refractivity contribution < 1.29 is 17.9 Å². The number of nitrogens with one attached hydrogen (secondary N) is 1. The third kappa shape index (κ3) is 5.23. The highest BCUT2D eigenvalue weighted by Gasteiger charge is 2.32. The smallest absolute Gasteiger partial charge is 0.317 e. The lowest BCUT2D eigenvalue weighted by molar-refractivity contribution is 0.116. The first-order valence-corrected chi connectivity index (χ1v) is 14.4. The number of likely N-dealkylation sites (tertiary alicyclic amines) is 1. The molecule has 8 nitrogen and oxygen atoms in total. The van der Waals surface area contributed by atoms with Crippen LogP contribution in [0.4, 0.5) is 4.79 Å². The van der Waals surface area contributed by atoms with Crippen LogP contribution in [-0.2, 0) is 29.7 Å². The number of fused-ring (bicyclic) bond motifs is 1. The number of carbonyl (C=O) groups is 1. The number of urea groups is 1. The van der Waals surface area contributed by atoms with Gasteiger partial charge in [-0.05, 0) is 60.9 Å². The van der Waals surface area contributed by atoms with E-state index >= 15 is 0 Å². The van der Waals surface area contributed by atoms with E-state index in [0.29, 0.717) is 31.9 Å². The van der Waals surface area contributed by atoms with Gasteiger partial charge in [0.15, 0.2) is 0 Å². The van der Waals surface area contributed by atoms with Crippen LogP contribution >= 0.6 is 0 Å². The maximum atomic E-state index is 13.7. The van der Waals surface area contributed by atoms with E-state index in [2.05, 4.69) is 34.5 Å². The van der Waals surface area contributed by atoms with Gasteiger partial charge in [-0.3, -0.25) is 4.90 Å². The Bertz CT molecular complexity index is 1170. The maximum absolute atomic E-state index is 13.7. The number of nitrogens with zero attached hydrogens (tertiary/aromatic N) is 3. The van der Waals surface area contributed by atoms with Gasteiger partial charge >= 0.3 is 6.03 Å². The van der Waals surface area contributed by atoms with Gasteiger partial charge in [-0.15, -0.1) is 0 Å². The van der Waals surface area contributed by atoms with Crippen molar-refractivity contribution in [3.63, 3.8) is 0 Å². The number of sulfonamides is 1. The predicted octanol–water partition coefficient (Wildman–Crippen LogP) is 3.56. The lowest BCUT2D eigenvalue weighted by Crippen LogP contribution is -2.50. The second kappa shape index (κ2) is 10.8. The zero-order valence-corrected chi connectivity index (χ0v) is 21.8. The molecule has 3 aliphatic rings. The molecule has 0 bridgehead atoms. The Morgan fingerprint density at radius 3 is 2.39 bits per heavy atom. The monoisotopic (exact) mass is 512 g/mol. The highest BCUT2D eigenvalue weighted by Crippen LogP contribution is 2.32. The molecule has 5 rings (SSSR count). The summed E-state index contributed by atoms with van der Waals surface area (Å²) < 4.78 is 35.1. The van der Waals surface area contributed by atoms with E-state index in [9.17, 15) is 13.2 Å². The van der Waals surface area contributed by atoms with Crippen LogP contribution < -0.4 is 10.1 Å². The van der Waals surface area contributed by atoms with Gasteiger partial charge in [-0.2, -0.15) is 4.31 Å². The fraction of sp³-hybridized carbons (Fsp3) is 0.519. The molecule has 2 fully saturated rings. The highest BCUT2D eigenvalue weighted by molar-refractivity contribution is 7.89. The molecule has 3 aliphatic heterocycles. The van der Waals surface area contributed by atoms with Gasteiger partial charge in [-0.25, -0.2) is 13.2 Å². The summed E-state index contributed by atoms with van der Waals surface area (Å²) in [6.45, 7) is 4.44. The number of amides is 2. The molecular formula is C27H36N4O4S. The van der Waals surface area contributed by atoms with Crippen LogP contribution in [0.5, 0.6) is 5.75 Å². The van der Waals surface area contributed by atoms with Gasteiger partial charge in [-0.1, -0.05) is 30.3 Å². The van der Waals surface area contributed by atoms with Crippen molar-refractivity contribution in [3.8, 4) is 5.75 Å². The predicted molar refractivity (Wildman–Crippen MR) is 138 cm³/mol. The summed E-state index contributed by atoms with van der Waals surface area (Å²) in [5.41, 5.74) is 3.61. The molecule has 1 unspecified atom stereocenters. The summed E-state index contributed by atoms with van der Waals surface area (Å²) in [6, 6.07) is 13.8. The maximum Gasteiger partial charge on any atom is 0.317 e. The quantitative estimate of drug-likeness (QED) is 0.614. The molecule has 0 saturated carbocycles. The summed E-state index contributed by atoms with van der Waals surface area (Å²) in [4.78, 5) is 16.7. The van der Waals surface area contributed by atoms with Crippen LogP contribution in [0, 0.1) is 0 Å². The second-order valence-corrected chi connectivity index (χ2v) is 11.9. The van der Waals surface area contributed by atoms with Crippen LogP contribution in [0.25, 0.3) is 0 Å². The van der Waals surface area contributed by atoms with Crippen LogP contribution in [0.1, 0.15) is 48.8 Å². The Hall–Kier alpha value is -2.62. The van der Waals surface area contributed by atoms with Crippen LogP contribution in [0.3, 0.4) is 0 Å². The molecule has 194 valence electrons. The van der Waals surface area contributed by atoms with E-state index in [0.717, 1.165) is 50.8 Å². The number of rotatable bonds is 7. The van der Waals surface area contributed by atoms with Crippen molar-refractivity contribution in [2.24, 2.45) is 0 Å². The molecule has 1 N–H and O–H groups in total. The molecule has 2 saturated heterocycles. The van der Waals surface area contributed by atoms with Gasteiger partial charge in [0.1, 0.15) is 17.3 Å². The molecule has 0 aliphatic carbocycles. The number of benzene rings is 2. The third-order valence-electron chi connectivity index (χ3n) is 7.54. The summed E-state index contributed by atoms with van der Waals surface area (Å²) in [6.07, 6.45) is 4.59. The first-order valence-electron chi connectivity index (χ1n) is 13.0. The third-order valence-corrected chi connectivity index (χ3v) is 9.46. The first kappa shape index (κ1) is 25.0. The van der Waals surface area contributed by atoms with Gasteiger partial charge in [0.2, 0.25) is 10.0 Å². The van der Waals surface area contributed by atoms with Gasteiger partial charge in [0.25, 0.3) is 0 Å². The zero-order chi connectivity index (χ0) is 25.1. The van der Waals surface area contributed by atoms with Crippen molar-refractivity contribution in [1.82, 2.24) is 19.4 Å². The molecular weight excluding hydrogens is 476 g/mol. The summed E-state index contributed by atoms with van der Waals surface area (Å²) in [5.74, 6) is 0.373. The lowest BCUT2D eigenvalue weighted by atomic mass is 10.0. The van der Waals surface area contributed by atoms with Gasteiger partial charge in [0, 0.05) is 46.3 Å². The van der Waals surface area contributed by atoms with Crippen molar-refractivity contribution in [1.29, 1.82) is 0 Å². The number of carbonyl (C=O) groups excluding carboxylic acids is 1. The minimum Gasteiger partial charge on any atom is -0.490 e. The Kier molecular flexibility index (Phi) is 7.50. The minimum absolute atomic E-state index is 0.0798. The van der Waals surface area contributed by atoms with Crippen LogP contribution in [-0.4, -0.2) is 67.9 Å². The minimum atomic E-state index is -3.67. The fourth-order valence-electron chi connectivity index (χ4n) is 5.58. The van der Waals surface area contributed by atoms with E-state index in [1.54, 1.807) is 28.4 Å². The number of piperidine rings is 1. The molecule has 36 heavy (non-hydrogen) atoms. The zero-order valence-electron chi connectivity index (χ0n) is 21.0. The lowest BCUT2D eigenvalue weighted by Gasteiger charge is -2.35. The largest absolute Gasteiger partial charge is 0.490 e. The SMILES string of the molecule is CNC(=O)N1CCCCC1COc1ccc(CN2Cc3ccccc3C2)cc1S(=O)(=O)N1CCCC1. The molecule has 0 radical (unpaired) electrons. The Balaban J connectivity index is 1.37. The molecule has 1 atom stereocenters. The summed E-state index contributed by atoms with van der Waals surface area (Å²) in [5, 5.41) is 2.71. The molecule has 0 spiro atoms. The topological polar surface area (TPSA) is 82.2 Å². The van der Waals surface area contributed by atoms with Gasteiger partial charge < -0.3 is 15.0 Å². The molecule has 2 aromatic carbocycles. The van der Waals surface area contributed by atoms with E-state index in [4.69, 9.17) is 4.74 Å². The summed E-state index contributed by atoms with van der Waals surface area (Å²) in [7, 11) is -2.04. The van der Waals surface area contributed by atoms with Crippen LogP contribution in [0.15, 0.2) is 47.4 Å². The summed E-state index contributed by atoms with van der Waals surface area (Å²) >= 11 is 0. The van der Waals surface area contributed by atoms with E-state index in [-0.39, 0.29) is 23.6 Å². The standard InChI is InChI=1S/C27H36N4O4S/c1-28-27(32)31-15-5-4-10-24(31)20-35-25-12-11-21(16-26(25)36(33,34)30-13-6-7-14-30)17-29-18-22-8-2-3-9-23(22)19-29/h2-3,8-9,11-12,16,24H,4-7,10,13-15,17-20H2,1H3,(H,28,32). The molecule has 0 aromatic heterocycles. The van der Waals surface area contributed by atoms with Crippen molar-refractivity contribution in [3.05, 3.63) is 59.2 Å². The Morgan fingerprint density at radius 2 is 1.69 bits per heavy atom. The first-order chi connectivity index (χ1) is 17.5.